The van der Waals surface area contributed by atoms with E-state index in [4.69, 9.17) is 0 Å². The molecule has 1 saturated carbocycles. The number of rotatable bonds is 7. The summed E-state index contributed by atoms with van der Waals surface area (Å²) < 4.78 is 97.4. The van der Waals surface area contributed by atoms with Gasteiger partial charge in [-0.2, -0.15) is 22.6 Å². The molecule has 0 spiro atoms. The van der Waals surface area contributed by atoms with Crippen molar-refractivity contribution in [1.82, 2.24) is 19.1 Å². The number of alkyl halides is 3. The summed E-state index contributed by atoms with van der Waals surface area (Å²) in [5.41, 5.74) is 0.103. The minimum Gasteiger partial charge on any atom is -0.291 e. The molecule has 0 amide bonds. The summed E-state index contributed by atoms with van der Waals surface area (Å²) in [4.78, 5) is 18.2. The van der Waals surface area contributed by atoms with Crippen LogP contribution in [0.15, 0.2) is 83.5 Å². The molecule has 2 atom stereocenters. The van der Waals surface area contributed by atoms with Gasteiger partial charge in [-0.3, -0.25) is 9.78 Å². The van der Waals surface area contributed by atoms with E-state index in [0.717, 1.165) is 24.3 Å². The lowest BCUT2D eigenvalue weighted by atomic mass is 9.60. The molecule has 13 heteroatoms. The van der Waals surface area contributed by atoms with Gasteiger partial charge >= 0.3 is 6.18 Å². The highest BCUT2D eigenvalue weighted by Gasteiger charge is 2.51. The van der Waals surface area contributed by atoms with Crippen molar-refractivity contribution in [2.24, 2.45) is 5.41 Å². The zero-order chi connectivity index (χ0) is 32.1. The molecule has 0 N–H and O–H groups in total. The van der Waals surface area contributed by atoms with Gasteiger partial charge in [-0.15, -0.1) is 0 Å². The average molecular weight is 643 g/mol. The van der Waals surface area contributed by atoms with Crippen molar-refractivity contribution in [3.8, 4) is 5.69 Å². The predicted octanol–water partition coefficient (Wildman–Crippen LogP) is 6.64. The highest BCUT2D eigenvalue weighted by molar-refractivity contribution is 7.89. The van der Waals surface area contributed by atoms with Gasteiger partial charge in [0, 0.05) is 18.8 Å². The van der Waals surface area contributed by atoms with Crippen molar-refractivity contribution in [2.45, 2.75) is 49.7 Å². The zero-order valence-electron chi connectivity index (χ0n) is 23.9. The van der Waals surface area contributed by atoms with Gasteiger partial charge in [0.1, 0.15) is 17.3 Å². The van der Waals surface area contributed by atoms with Crippen molar-refractivity contribution < 1.29 is 35.2 Å². The second kappa shape index (κ2) is 11.3. The number of halogens is 5. The first-order chi connectivity index (χ1) is 21.3. The standard InChI is InChI=1S/C32H27F5N4O3S/c1-2-40(45(43,44)27-12-7-24(34)8-13-27)26-9-3-21-15-29-20(18-39-41(29)25-10-5-23(33)6-11-25)16-31(21,17-26)30(42)28-14-4-22(19-38-28)32(35,36)37/h4-8,10-15,18-19,26H,2-3,9,16-17H2,1H3/t26-,31-/m0/s1. The van der Waals surface area contributed by atoms with Crippen LogP contribution in [0.3, 0.4) is 0 Å². The van der Waals surface area contributed by atoms with E-state index >= 15 is 0 Å². The van der Waals surface area contributed by atoms with E-state index in [-0.39, 0.29) is 30.0 Å². The highest BCUT2D eigenvalue weighted by atomic mass is 32.2. The van der Waals surface area contributed by atoms with E-state index < -0.39 is 50.6 Å². The minimum atomic E-state index is -4.64. The number of allylic oxidation sites excluding steroid dienone is 1. The Bertz CT molecular complexity index is 1890. The van der Waals surface area contributed by atoms with Crippen molar-refractivity contribution in [3.05, 3.63) is 113 Å². The maximum absolute atomic E-state index is 14.4. The van der Waals surface area contributed by atoms with Crippen LogP contribution in [0.5, 0.6) is 0 Å². The number of hydrogen-bond acceptors (Lipinski definition) is 5. The fraction of sp³-hybridized carbons (Fsp3) is 0.281. The van der Waals surface area contributed by atoms with E-state index in [1.165, 1.54) is 28.6 Å². The van der Waals surface area contributed by atoms with Gasteiger partial charge in [-0.25, -0.2) is 21.9 Å². The van der Waals surface area contributed by atoms with Crippen LogP contribution in [0.1, 0.15) is 53.5 Å². The molecule has 4 aromatic rings. The van der Waals surface area contributed by atoms with Gasteiger partial charge in [-0.1, -0.05) is 12.5 Å². The van der Waals surface area contributed by atoms with Crippen LogP contribution in [0.2, 0.25) is 0 Å². The van der Waals surface area contributed by atoms with Crippen molar-refractivity contribution in [3.63, 3.8) is 0 Å². The van der Waals surface area contributed by atoms with Gasteiger partial charge in [0.25, 0.3) is 0 Å². The van der Waals surface area contributed by atoms with Gasteiger partial charge in [-0.05, 0) is 98.0 Å². The molecule has 7 nitrogen and oxygen atoms in total. The zero-order valence-corrected chi connectivity index (χ0v) is 24.7. The molecule has 0 bridgehead atoms. The van der Waals surface area contributed by atoms with Crippen LogP contribution >= 0.6 is 0 Å². The maximum atomic E-state index is 14.4. The number of ketones is 1. The molecule has 2 aliphatic carbocycles. The Morgan fingerprint density at radius 1 is 1.00 bits per heavy atom. The third-order valence-corrected chi connectivity index (χ3v) is 10.6. The van der Waals surface area contributed by atoms with Gasteiger partial charge < -0.3 is 0 Å². The minimum absolute atomic E-state index is 0.0375. The Balaban J connectivity index is 1.43. The van der Waals surface area contributed by atoms with E-state index in [2.05, 4.69) is 10.1 Å². The summed E-state index contributed by atoms with van der Waals surface area (Å²) in [6, 6.07) is 11.4. The molecule has 0 unspecified atom stereocenters. The van der Waals surface area contributed by atoms with Crippen LogP contribution < -0.4 is 0 Å². The number of benzene rings is 2. The van der Waals surface area contributed by atoms with Gasteiger partial charge in [0.15, 0.2) is 5.78 Å². The first-order valence-electron chi connectivity index (χ1n) is 14.2. The average Bonchev–Trinajstić information content (AvgIpc) is 3.42. The van der Waals surface area contributed by atoms with Crippen LogP contribution in [0.25, 0.3) is 11.8 Å². The number of carbonyl (C=O) groups excluding carboxylic acids is 1. The maximum Gasteiger partial charge on any atom is 0.417 e. The predicted molar refractivity (Wildman–Crippen MR) is 155 cm³/mol. The lowest BCUT2D eigenvalue weighted by Crippen LogP contribution is -2.50. The second-order valence-corrected chi connectivity index (χ2v) is 13.1. The van der Waals surface area contributed by atoms with Gasteiger partial charge in [0.05, 0.1) is 33.5 Å². The number of pyridine rings is 1. The fourth-order valence-corrected chi connectivity index (χ4v) is 8.09. The van der Waals surface area contributed by atoms with E-state index in [9.17, 15) is 35.2 Å². The summed E-state index contributed by atoms with van der Waals surface area (Å²) >= 11 is 0. The summed E-state index contributed by atoms with van der Waals surface area (Å²) in [5.74, 6) is -1.53. The Hall–Kier alpha value is -4.23. The number of aromatic nitrogens is 3. The molecule has 0 saturated heterocycles. The quantitative estimate of drug-likeness (QED) is 0.167. The lowest BCUT2D eigenvalue weighted by molar-refractivity contribution is -0.137. The Morgan fingerprint density at radius 2 is 1.67 bits per heavy atom. The number of hydrogen-bond donors (Lipinski definition) is 0. The third-order valence-electron chi connectivity index (χ3n) is 8.60. The van der Waals surface area contributed by atoms with Crippen molar-refractivity contribution >= 4 is 21.9 Å². The van der Waals surface area contributed by atoms with Crippen LogP contribution in [0.4, 0.5) is 22.0 Å². The second-order valence-electron chi connectivity index (χ2n) is 11.2. The van der Waals surface area contributed by atoms with Crippen LogP contribution in [-0.4, -0.2) is 45.9 Å². The summed E-state index contributed by atoms with van der Waals surface area (Å²) in [6.07, 6.45) is 0.174. The van der Waals surface area contributed by atoms with Gasteiger partial charge in [0.2, 0.25) is 10.0 Å². The fourth-order valence-electron chi connectivity index (χ4n) is 6.42. The highest BCUT2D eigenvalue weighted by Crippen LogP contribution is 2.51. The first-order valence-corrected chi connectivity index (χ1v) is 15.7. The molecular formula is C32H27F5N4O3S. The first kappa shape index (κ1) is 30.8. The smallest absolute Gasteiger partial charge is 0.291 e. The molecule has 2 aromatic heterocycles. The molecule has 2 heterocycles. The normalized spacial score (nSPS) is 20.0. The summed E-state index contributed by atoms with van der Waals surface area (Å²) in [7, 11) is -4.09. The van der Waals surface area contributed by atoms with Crippen LogP contribution in [-0.2, 0) is 22.6 Å². The SMILES string of the molecule is CCN([C@H]1CCC2=Cc3c(cnn3-c3ccc(F)cc3)C[C@]2(C(=O)c2ccc(C(F)(F)F)cn2)C1)S(=O)(=O)c1ccc(F)cc1. The van der Waals surface area contributed by atoms with Crippen molar-refractivity contribution in [2.75, 3.05) is 6.54 Å². The molecule has 0 aliphatic heterocycles. The number of carbonyl (C=O) groups is 1. The molecule has 45 heavy (non-hydrogen) atoms. The molecule has 0 radical (unpaired) electrons. The topological polar surface area (TPSA) is 85.2 Å². The largest absolute Gasteiger partial charge is 0.417 e. The molecule has 1 fully saturated rings. The third kappa shape index (κ3) is 5.48. The summed E-state index contributed by atoms with van der Waals surface area (Å²) in [6.45, 7) is 1.74. The Morgan fingerprint density at radius 3 is 2.27 bits per heavy atom. The van der Waals surface area contributed by atoms with Crippen LogP contribution in [0, 0.1) is 17.0 Å². The lowest BCUT2D eigenvalue weighted by Gasteiger charge is -2.46. The van der Waals surface area contributed by atoms with E-state index in [1.807, 2.05) is 6.08 Å². The molecule has 234 valence electrons. The number of fused-ring (bicyclic) bond motifs is 2. The number of nitrogens with zero attached hydrogens (tertiary/aromatic N) is 4. The number of Topliss-reactive ketones (excluding diaryl/α,β-unsaturated/α-hetero) is 1. The van der Waals surface area contributed by atoms with E-state index in [0.29, 0.717) is 41.6 Å². The molecule has 6 rings (SSSR count). The number of sulfonamides is 1. The van der Waals surface area contributed by atoms with E-state index in [1.54, 1.807) is 29.9 Å². The monoisotopic (exact) mass is 642 g/mol. The summed E-state index contributed by atoms with van der Waals surface area (Å²) in [5, 5.41) is 4.47. The Kier molecular flexibility index (Phi) is 7.72. The molecule has 2 aromatic carbocycles. The Labute approximate surface area is 256 Å². The molecular weight excluding hydrogens is 615 g/mol. The molecule has 2 aliphatic rings. The van der Waals surface area contributed by atoms with Crippen molar-refractivity contribution in [1.29, 1.82) is 0 Å².